The lowest BCUT2D eigenvalue weighted by atomic mass is 9.82. The van der Waals surface area contributed by atoms with Crippen LogP contribution >= 0.6 is 0 Å². The highest BCUT2D eigenvalue weighted by molar-refractivity contribution is 5.83. The van der Waals surface area contributed by atoms with Gasteiger partial charge in [-0.15, -0.1) is 0 Å². The number of aliphatic hydroxyl groups is 1. The second-order valence-electron chi connectivity index (χ2n) is 6.95. The van der Waals surface area contributed by atoms with E-state index in [9.17, 15) is 9.90 Å². The largest absolute Gasteiger partial charge is 0.393 e. The molecule has 5 heteroatoms. The molecule has 1 saturated carbocycles. The lowest BCUT2D eigenvalue weighted by Crippen LogP contribution is -2.49. The van der Waals surface area contributed by atoms with Crippen molar-refractivity contribution < 1.29 is 9.90 Å². The fourth-order valence-electron chi connectivity index (χ4n) is 4.23. The van der Waals surface area contributed by atoms with Crippen LogP contribution in [0.25, 0.3) is 0 Å². The van der Waals surface area contributed by atoms with Crippen molar-refractivity contribution in [1.29, 1.82) is 0 Å². The first-order valence-electron chi connectivity index (χ1n) is 8.52. The standard InChI is InChI=1S/C17H27N3O2/c1-12(15-7-9-18-19(15)2)17(22)20-10-8-16(21)14(11-20)13-5-3-4-6-13/h7,9,12-14,16,21H,3-6,8,10-11H2,1-2H3/t12?,14-,16+/m0/s1. The highest BCUT2D eigenvalue weighted by atomic mass is 16.3. The van der Waals surface area contributed by atoms with Gasteiger partial charge >= 0.3 is 0 Å². The van der Waals surface area contributed by atoms with Crippen LogP contribution in [0.5, 0.6) is 0 Å². The molecule has 1 amide bonds. The van der Waals surface area contributed by atoms with Crippen LogP contribution in [0.1, 0.15) is 50.6 Å². The molecule has 0 aromatic carbocycles. The third kappa shape index (κ3) is 2.91. The average molecular weight is 305 g/mol. The van der Waals surface area contributed by atoms with Gasteiger partial charge in [-0.2, -0.15) is 5.10 Å². The minimum absolute atomic E-state index is 0.165. The quantitative estimate of drug-likeness (QED) is 0.928. The van der Waals surface area contributed by atoms with Gasteiger partial charge in [-0.05, 0) is 25.3 Å². The normalized spacial score (nSPS) is 28.0. The van der Waals surface area contributed by atoms with Gasteiger partial charge in [0.15, 0.2) is 0 Å². The molecular formula is C17H27N3O2. The van der Waals surface area contributed by atoms with Crippen molar-refractivity contribution >= 4 is 5.91 Å². The molecule has 1 aromatic heterocycles. The summed E-state index contributed by atoms with van der Waals surface area (Å²) in [6, 6.07) is 1.91. The van der Waals surface area contributed by atoms with Crippen molar-refractivity contribution in [2.24, 2.45) is 18.9 Å². The molecule has 3 atom stereocenters. The molecule has 0 spiro atoms. The van der Waals surface area contributed by atoms with E-state index in [2.05, 4.69) is 5.10 Å². The number of nitrogens with zero attached hydrogens (tertiary/aromatic N) is 3. The van der Waals surface area contributed by atoms with Crippen LogP contribution in [-0.2, 0) is 11.8 Å². The topological polar surface area (TPSA) is 58.4 Å². The molecule has 122 valence electrons. The Morgan fingerprint density at radius 2 is 2.09 bits per heavy atom. The third-order valence-corrected chi connectivity index (χ3v) is 5.61. The van der Waals surface area contributed by atoms with E-state index in [0.717, 1.165) is 5.69 Å². The summed E-state index contributed by atoms with van der Waals surface area (Å²) < 4.78 is 1.77. The zero-order chi connectivity index (χ0) is 15.7. The fraction of sp³-hybridized carbons (Fsp3) is 0.765. The van der Waals surface area contributed by atoms with Gasteiger partial charge in [0.2, 0.25) is 5.91 Å². The van der Waals surface area contributed by atoms with Crippen LogP contribution in [0.15, 0.2) is 12.3 Å². The number of amides is 1. The summed E-state index contributed by atoms with van der Waals surface area (Å²) in [5, 5.41) is 14.5. The Kier molecular flexibility index (Phi) is 4.52. The van der Waals surface area contributed by atoms with Crippen LogP contribution in [0.4, 0.5) is 0 Å². The lowest BCUT2D eigenvalue weighted by molar-refractivity contribution is -0.137. The number of piperidine rings is 1. The summed E-state index contributed by atoms with van der Waals surface area (Å²) in [7, 11) is 1.88. The highest BCUT2D eigenvalue weighted by Gasteiger charge is 2.37. The molecule has 1 aliphatic heterocycles. The average Bonchev–Trinajstić information content (AvgIpc) is 3.17. The van der Waals surface area contributed by atoms with E-state index >= 15 is 0 Å². The lowest BCUT2D eigenvalue weighted by Gasteiger charge is -2.40. The number of rotatable bonds is 3. The Labute approximate surface area is 132 Å². The van der Waals surface area contributed by atoms with Gasteiger partial charge in [0.25, 0.3) is 0 Å². The number of carbonyl (C=O) groups excluding carboxylic acids is 1. The van der Waals surface area contributed by atoms with Crippen LogP contribution in [0, 0.1) is 11.8 Å². The molecule has 22 heavy (non-hydrogen) atoms. The van der Waals surface area contributed by atoms with Crippen molar-refractivity contribution in [1.82, 2.24) is 14.7 Å². The fourth-order valence-corrected chi connectivity index (χ4v) is 4.23. The Bertz CT molecular complexity index is 522. The molecule has 5 nitrogen and oxygen atoms in total. The van der Waals surface area contributed by atoms with Crippen LogP contribution in [0.3, 0.4) is 0 Å². The van der Waals surface area contributed by atoms with E-state index in [1.165, 1.54) is 25.7 Å². The predicted octanol–water partition coefficient (Wildman–Crippen LogP) is 1.92. The summed E-state index contributed by atoms with van der Waals surface area (Å²) >= 11 is 0. The molecule has 3 rings (SSSR count). The second-order valence-corrected chi connectivity index (χ2v) is 6.95. The van der Waals surface area contributed by atoms with Gasteiger partial charge in [-0.1, -0.05) is 25.7 Å². The van der Waals surface area contributed by atoms with E-state index < -0.39 is 0 Å². The molecule has 1 saturated heterocycles. The first-order valence-corrected chi connectivity index (χ1v) is 8.52. The molecule has 2 heterocycles. The maximum absolute atomic E-state index is 12.8. The summed E-state index contributed by atoms with van der Waals surface area (Å²) in [5.41, 5.74) is 0.952. The molecule has 0 radical (unpaired) electrons. The molecule has 1 N–H and O–H groups in total. The van der Waals surface area contributed by atoms with Crippen molar-refractivity contribution in [3.63, 3.8) is 0 Å². The zero-order valence-electron chi connectivity index (χ0n) is 13.6. The van der Waals surface area contributed by atoms with Gasteiger partial charge in [0, 0.05) is 32.3 Å². The Morgan fingerprint density at radius 1 is 1.36 bits per heavy atom. The second kappa shape index (κ2) is 6.41. The first-order chi connectivity index (χ1) is 10.6. The summed E-state index contributed by atoms with van der Waals surface area (Å²) in [4.78, 5) is 14.8. The van der Waals surface area contributed by atoms with Gasteiger partial charge in [-0.25, -0.2) is 0 Å². The van der Waals surface area contributed by atoms with Crippen molar-refractivity contribution in [3.05, 3.63) is 18.0 Å². The Morgan fingerprint density at radius 3 is 2.73 bits per heavy atom. The van der Waals surface area contributed by atoms with E-state index in [4.69, 9.17) is 0 Å². The number of hydrogen-bond donors (Lipinski definition) is 1. The van der Waals surface area contributed by atoms with Gasteiger partial charge in [0.05, 0.1) is 17.7 Å². The first kappa shape index (κ1) is 15.5. The number of carbonyl (C=O) groups is 1. The molecule has 2 fully saturated rings. The summed E-state index contributed by atoms with van der Waals surface area (Å²) in [6.07, 6.45) is 7.17. The minimum atomic E-state index is -0.237. The van der Waals surface area contributed by atoms with E-state index in [-0.39, 0.29) is 23.8 Å². The highest BCUT2D eigenvalue weighted by Crippen LogP contribution is 2.36. The molecule has 2 aliphatic rings. The van der Waals surface area contributed by atoms with E-state index in [1.54, 1.807) is 10.9 Å². The van der Waals surface area contributed by atoms with E-state index in [1.807, 2.05) is 24.9 Å². The van der Waals surface area contributed by atoms with Crippen LogP contribution < -0.4 is 0 Å². The van der Waals surface area contributed by atoms with Gasteiger partial charge < -0.3 is 10.0 Å². The number of aryl methyl sites for hydroxylation is 1. The summed E-state index contributed by atoms with van der Waals surface area (Å²) in [6.45, 7) is 3.34. The van der Waals surface area contributed by atoms with Crippen molar-refractivity contribution in [2.45, 2.75) is 51.0 Å². The Hall–Kier alpha value is -1.36. The molecular weight excluding hydrogens is 278 g/mol. The number of likely N-dealkylation sites (tertiary alicyclic amines) is 1. The maximum atomic E-state index is 12.8. The number of aliphatic hydroxyl groups excluding tert-OH is 1. The molecule has 0 bridgehead atoms. The number of aromatic nitrogens is 2. The smallest absolute Gasteiger partial charge is 0.231 e. The van der Waals surface area contributed by atoms with Crippen LogP contribution in [0.2, 0.25) is 0 Å². The minimum Gasteiger partial charge on any atom is -0.393 e. The van der Waals surface area contributed by atoms with Crippen molar-refractivity contribution in [2.75, 3.05) is 13.1 Å². The van der Waals surface area contributed by atoms with Gasteiger partial charge in [0.1, 0.15) is 0 Å². The van der Waals surface area contributed by atoms with Crippen molar-refractivity contribution in [3.8, 4) is 0 Å². The molecule has 1 aromatic rings. The zero-order valence-corrected chi connectivity index (χ0v) is 13.6. The SMILES string of the molecule is CC(C(=O)N1CC[C@@H](O)[C@H](C2CCCC2)C1)c1ccnn1C. The Balaban J connectivity index is 1.68. The van der Waals surface area contributed by atoms with Crippen LogP contribution in [-0.4, -0.2) is 44.9 Å². The molecule has 1 aliphatic carbocycles. The monoisotopic (exact) mass is 305 g/mol. The van der Waals surface area contributed by atoms with E-state index in [0.29, 0.717) is 25.4 Å². The maximum Gasteiger partial charge on any atom is 0.231 e. The summed E-state index contributed by atoms with van der Waals surface area (Å²) in [5.74, 6) is 0.849. The van der Waals surface area contributed by atoms with Gasteiger partial charge in [-0.3, -0.25) is 9.48 Å². The third-order valence-electron chi connectivity index (χ3n) is 5.61. The number of hydrogen-bond acceptors (Lipinski definition) is 3. The molecule has 1 unspecified atom stereocenters. The predicted molar refractivity (Wildman–Crippen MR) is 84.3 cm³/mol.